The Balaban J connectivity index is 1.87. The molecule has 0 saturated heterocycles. The summed E-state index contributed by atoms with van der Waals surface area (Å²) < 4.78 is 1.11. The minimum absolute atomic E-state index is 1.11. The molecule has 0 saturated carbocycles. The number of para-hydroxylation sites is 4. The van der Waals surface area contributed by atoms with Crippen LogP contribution in [0.15, 0.2) is 89.4 Å². The largest absolute Gasteiger partial charge is 0.352 e. The maximum atomic E-state index is 3.75. The molecule has 2 nitrogen and oxygen atoms in total. The molecule has 3 heteroatoms. The van der Waals surface area contributed by atoms with Crippen molar-refractivity contribution >= 4 is 55.1 Å². The summed E-state index contributed by atoms with van der Waals surface area (Å²) in [5.74, 6) is 0. The number of benzene rings is 4. The van der Waals surface area contributed by atoms with E-state index in [1.54, 1.807) is 0 Å². The molecule has 0 aromatic heterocycles. The zero-order valence-electron chi connectivity index (χ0n) is 13.4. The zero-order valence-corrected chi connectivity index (χ0v) is 15.0. The molecule has 0 amide bonds. The van der Waals surface area contributed by atoms with Crippen LogP contribution in [-0.2, 0) is 0 Å². The number of nitrogens with one attached hydrogen (secondary N) is 1. The van der Waals surface area contributed by atoms with Gasteiger partial charge in [-0.1, -0.05) is 64.5 Å². The van der Waals surface area contributed by atoms with Gasteiger partial charge in [0.2, 0.25) is 0 Å². The van der Waals surface area contributed by atoms with Crippen LogP contribution in [0, 0.1) is 0 Å². The van der Waals surface area contributed by atoms with Crippen LogP contribution < -0.4 is 10.2 Å². The fourth-order valence-corrected chi connectivity index (χ4v) is 4.13. The van der Waals surface area contributed by atoms with E-state index in [4.69, 9.17) is 0 Å². The highest BCUT2D eigenvalue weighted by Gasteiger charge is 2.24. The first-order valence-corrected chi connectivity index (χ1v) is 9.05. The van der Waals surface area contributed by atoms with Gasteiger partial charge in [0.15, 0.2) is 0 Å². The second-order valence-electron chi connectivity index (χ2n) is 6.11. The Kier molecular flexibility index (Phi) is 3.28. The average Bonchev–Trinajstić information content (AvgIpc) is 2.66. The molecule has 1 aliphatic rings. The molecule has 5 rings (SSSR count). The van der Waals surface area contributed by atoms with Gasteiger partial charge in [-0.25, -0.2) is 0 Å². The summed E-state index contributed by atoms with van der Waals surface area (Å²) in [6, 6.07) is 29.7. The van der Waals surface area contributed by atoms with Crippen LogP contribution in [-0.4, -0.2) is 0 Å². The fraction of sp³-hybridized carbons (Fsp3) is 0. The van der Waals surface area contributed by atoms with E-state index in [0.29, 0.717) is 0 Å². The molecule has 0 bridgehead atoms. The summed E-state index contributed by atoms with van der Waals surface area (Å²) in [7, 11) is 0. The zero-order chi connectivity index (χ0) is 16.8. The normalized spacial score (nSPS) is 12.4. The third kappa shape index (κ3) is 2.24. The molecule has 25 heavy (non-hydrogen) atoms. The van der Waals surface area contributed by atoms with E-state index in [9.17, 15) is 0 Å². The second-order valence-corrected chi connectivity index (χ2v) is 6.96. The molecule has 120 valence electrons. The van der Waals surface area contributed by atoms with Crippen molar-refractivity contribution in [3.05, 3.63) is 89.4 Å². The lowest BCUT2D eigenvalue weighted by atomic mass is 10.0. The van der Waals surface area contributed by atoms with Crippen LogP contribution >= 0.6 is 15.9 Å². The van der Waals surface area contributed by atoms with Gasteiger partial charge in [-0.2, -0.15) is 0 Å². The molecular weight excluding hydrogens is 372 g/mol. The van der Waals surface area contributed by atoms with Crippen LogP contribution in [0.4, 0.5) is 28.4 Å². The molecule has 0 unspecified atom stereocenters. The van der Waals surface area contributed by atoms with E-state index in [1.807, 2.05) is 0 Å². The van der Waals surface area contributed by atoms with E-state index in [-0.39, 0.29) is 0 Å². The van der Waals surface area contributed by atoms with Crippen molar-refractivity contribution in [1.29, 1.82) is 0 Å². The van der Waals surface area contributed by atoms with E-state index in [1.165, 1.54) is 16.5 Å². The van der Waals surface area contributed by atoms with Gasteiger partial charge >= 0.3 is 0 Å². The van der Waals surface area contributed by atoms with E-state index in [0.717, 1.165) is 27.2 Å². The van der Waals surface area contributed by atoms with Crippen molar-refractivity contribution < 1.29 is 0 Å². The van der Waals surface area contributed by atoms with Crippen molar-refractivity contribution in [3.8, 4) is 0 Å². The highest BCUT2D eigenvalue weighted by Crippen LogP contribution is 2.49. The van der Waals surface area contributed by atoms with Gasteiger partial charge in [0.05, 0.1) is 28.4 Å². The highest BCUT2D eigenvalue weighted by atomic mass is 79.9. The third-order valence-electron chi connectivity index (χ3n) is 4.63. The first-order valence-electron chi connectivity index (χ1n) is 8.25. The van der Waals surface area contributed by atoms with Crippen LogP contribution in [0.2, 0.25) is 0 Å². The van der Waals surface area contributed by atoms with Gasteiger partial charge in [-0.05, 0) is 41.8 Å². The Morgan fingerprint density at radius 1 is 0.600 bits per heavy atom. The summed E-state index contributed by atoms with van der Waals surface area (Å²) in [6.07, 6.45) is 0. The number of halogens is 1. The second kappa shape index (κ2) is 5.64. The molecular formula is C22H15BrN2. The number of hydrogen-bond donors (Lipinski definition) is 1. The molecule has 0 atom stereocenters. The quantitative estimate of drug-likeness (QED) is 0.329. The lowest BCUT2D eigenvalue weighted by molar-refractivity contribution is 1.26. The van der Waals surface area contributed by atoms with Crippen molar-refractivity contribution in [2.75, 3.05) is 10.2 Å². The molecule has 1 heterocycles. The molecule has 4 aromatic carbocycles. The Hall–Kier alpha value is -2.78. The standard InChI is InChI=1S/C22H15BrN2/c23-16-9-5-7-15-8-6-14-21(22(15)16)25-19-12-3-1-10-17(19)24-18-11-2-4-13-20(18)25/h1-14,24H. The van der Waals surface area contributed by atoms with Crippen LogP contribution in [0.3, 0.4) is 0 Å². The molecule has 0 radical (unpaired) electrons. The van der Waals surface area contributed by atoms with Gasteiger partial charge in [-0.3, -0.25) is 0 Å². The minimum atomic E-state index is 1.11. The van der Waals surface area contributed by atoms with Gasteiger partial charge in [-0.15, -0.1) is 0 Å². The number of nitrogens with zero attached hydrogens (tertiary/aromatic N) is 1. The summed E-state index contributed by atoms with van der Waals surface area (Å²) >= 11 is 3.75. The molecule has 0 spiro atoms. The SMILES string of the molecule is Brc1cccc2cccc(N3c4ccccc4Nc4ccccc43)c12. The average molecular weight is 387 g/mol. The number of anilines is 5. The summed E-state index contributed by atoms with van der Waals surface area (Å²) in [6.45, 7) is 0. The van der Waals surface area contributed by atoms with Gasteiger partial charge < -0.3 is 10.2 Å². The van der Waals surface area contributed by atoms with Crippen molar-refractivity contribution in [2.45, 2.75) is 0 Å². The predicted octanol–water partition coefficient (Wildman–Crippen LogP) is 7.13. The third-order valence-corrected chi connectivity index (χ3v) is 5.29. The lowest BCUT2D eigenvalue weighted by Crippen LogP contribution is -2.17. The minimum Gasteiger partial charge on any atom is -0.352 e. The molecule has 1 aliphatic heterocycles. The Bertz CT molecular complexity index is 1050. The van der Waals surface area contributed by atoms with Crippen LogP contribution in [0.1, 0.15) is 0 Å². The van der Waals surface area contributed by atoms with E-state index >= 15 is 0 Å². The Morgan fingerprint density at radius 3 is 1.84 bits per heavy atom. The highest BCUT2D eigenvalue weighted by molar-refractivity contribution is 9.10. The summed E-state index contributed by atoms with van der Waals surface area (Å²) in [4.78, 5) is 2.34. The van der Waals surface area contributed by atoms with Crippen LogP contribution in [0.5, 0.6) is 0 Å². The topological polar surface area (TPSA) is 15.3 Å². The van der Waals surface area contributed by atoms with Crippen molar-refractivity contribution in [3.63, 3.8) is 0 Å². The Morgan fingerprint density at radius 2 is 1.16 bits per heavy atom. The number of hydrogen-bond acceptors (Lipinski definition) is 2. The first kappa shape index (κ1) is 14.6. The fourth-order valence-electron chi connectivity index (χ4n) is 3.55. The smallest absolute Gasteiger partial charge is 0.0697 e. The van der Waals surface area contributed by atoms with E-state index in [2.05, 4.69) is 111 Å². The van der Waals surface area contributed by atoms with Gasteiger partial charge in [0.25, 0.3) is 0 Å². The maximum absolute atomic E-state index is 3.75. The molecule has 0 aliphatic carbocycles. The molecule has 0 fully saturated rings. The summed E-state index contributed by atoms with van der Waals surface area (Å²) in [5, 5.41) is 5.99. The Labute approximate surface area is 154 Å². The first-order chi connectivity index (χ1) is 12.3. The van der Waals surface area contributed by atoms with Gasteiger partial charge in [0.1, 0.15) is 0 Å². The maximum Gasteiger partial charge on any atom is 0.0697 e. The molecule has 1 N–H and O–H groups in total. The van der Waals surface area contributed by atoms with Gasteiger partial charge in [0, 0.05) is 9.86 Å². The predicted molar refractivity (Wildman–Crippen MR) is 110 cm³/mol. The number of rotatable bonds is 1. The lowest BCUT2D eigenvalue weighted by Gasteiger charge is -2.34. The van der Waals surface area contributed by atoms with Crippen molar-refractivity contribution in [2.24, 2.45) is 0 Å². The van der Waals surface area contributed by atoms with Crippen LogP contribution in [0.25, 0.3) is 10.8 Å². The summed E-state index contributed by atoms with van der Waals surface area (Å²) in [5.41, 5.74) is 5.72. The molecule has 4 aromatic rings. The number of fused-ring (bicyclic) bond motifs is 3. The van der Waals surface area contributed by atoms with Crippen molar-refractivity contribution in [1.82, 2.24) is 0 Å². The van der Waals surface area contributed by atoms with E-state index < -0.39 is 0 Å². The monoisotopic (exact) mass is 386 g/mol.